The molecule has 0 radical (unpaired) electrons. The highest BCUT2D eigenvalue weighted by atomic mass is 32.2. The van der Waals surface area contributed by atoms with Crippen LogP contribution >= 0.6 is 23.1 Å². The maximum absolute atomic E-state index is 12.1. The molecule has 3 aromatic rings. The summed E-state index contributed by atoms with van der Waals surface area (Å²) < 4.78 is 5.16. The number of thiazole rings is 1. The Labute approximate surface area is 161 Å². The predicted octanol–water partition coefficient (Wildman–Crippen LogP) is 5.33. The van der Waals surface area contributed by atoms with Crippen molar-refractivity contribution in [3.63, 3.8) is 0 Å². The molecule has 0 aliphatic carbocycles. The van der Waals surface area contributed by atoms with Gasteiger partial charge < -0.3 is 10.1 Å². The SMILES string of the molecule is COc1ccc(-c2csc(NC(=O)CCCSc3ccccc3)n2)cc1. The van der Waals surface area contributed by atoms with E-state index in [9.17, 15) is 4.79 Å². The number of carbonyl (C=O) groups is 1. The molecule has 4 nitrogen and oxygen atoms in total. The van der Waals surface area contributed by atoms with Gasteiger partial charge in [-0.1, -0.05) is 18.2 Å². The standard InChI is InChI=1S/C20H20N2O2S2/c1-24-16-11-9-15(10-12-16)18-14-26-20(21-18)22-19(23)8-5-13-25-17-6-3-2-4-7-17/h2-4,6-7,9-12,14H,5,8,13H2,1H3,(H,21,22,23). The lowest BCUT2D eigenvalue weighted by Gasteiger charge is -2.03. The molecule has 1 amide bonds. The van der Waals surface area contributed by atoms with E-state index >= 15 is 0 Å². The van der Waals surface area contributed by atoms with Crippen molar-refractivity contribution in [2.45, 2.75) is 17.7 Å². The molecule has 1 N–H and O–H groups in total. The van der Waals surface area contributed by atoms with Crippen LogP contribution < -0.4 is 10.1 Å². The molecule has 0 aliphatic rings. The quantitative estimate of drug-likeness (QED) is 0.421. The molecular formula is C20H20N2O2S2. The highest BCUT2D eigenvalue weighted by molar-refractivity contribution is 7.99. The second-order valence-electron chi connectivity index (χ2n) is 5.58. The smallest absolute Gasteiger partial charge is 0.226 e. The van der Waals surface area contributed by atoms with E-state index in [-0.39, 0.29) is 5.91 Å². The molecule has 0 saturated heterocycles. The maximum Gasteiger partial charge on any atom is 0.226 e. The van der Waals surface area contributed by atoms with Crippen LogP contribution in [-0.4, -0.2) is 23.8 Å². The average molecular weight is 385 g/mol. The summed E-state index contributed by atoms with van der Waals surface area (Å²) in [4.78, 5) is 17.8. The fourth-order valence-electron chi connectivity index (χ4n) is 2.35. The van der Waals surface area contributed by atoms with Crippen molar-refractivity contribution >= 4 is 34.1 Å². The van der Waals surface area contributed by atoms with Crippen LogP contribution in [0.5, 0.6) is 5.75 Å². The summed E-state index contributed by atoms with van der Waals surface area (Å²) >= 11 is 3.21. The summed E-state index contributed by atoms with van der Waals surface area (Å²) in [6.45, 7) is 0. The van der Waals surface area contributed by atoms with Crippen molar-refractivity contribution in [1.29, 1.82) is 0 Å². The van der Waals surface area contributed by atoms with Gasteiger partial charge in [0.1, 0.15) is 5.75 Å². The second kappa shape index (κ2) is 9.40. The first-order valence-corrected chi connectivity index (χ1v) is 10.2. The fraction of sp³-hybridized carbons (Fsp3) is 0.200. The zero-order valence-corrected chi connectivity index (χ0v) is 16.1. The Morgan fingerprint density at radius 3 is 2.65 bits per heavy atom. The summed E-state index contributed by atoms with van der Waals surface area (Å²) in [7, 11) is 1.64. The van der Waals surface area contributed by atoms with Crippen LogP contribution in [0, 0.1) is 0 Å². The molecule has 2 aromatic carbocycles. The summed E-state index contributed by atoms with van der Waals surface area (Å²) in [5.41, 5.74) is 1.86. The van der Waals surface area contributed by atoms with Crippen LogP contribution in [-0.2, 0) is 4.79 Å². The topological polar surface area (TPSA) is 51.2 Å². The second-order valence-corrected chi connectivity index (χ2v) is 7.61. The predicted molar refractivity (Wildman–Crippen MR) is 109 cm³/mol. The normalized spacial score (nSPS) is 10.5. The number of amides is 1. The summed E-state index contributed by atoms with van der Waals surface area (Å²) in [6, 6.07) is 17.9. The maximum atomic E-state index is 12.1. The first-order chi connectivity index (χ1) is 12.7. The van der Waals surface area contributed by atoms with Crippen LogP contribution in [0.15, 0.2) is 64.9 Å². The van der Waals surface area contributed by atoms with Crippen molar-refractivity contribution in [1.82, 2.24) is 4.98 Å². The van der Waals surface area contributed by atoms with Crippen LogP contribution in [0.1, 0.15) is 12.8 Å². The van der Waals surface area contributed by atoms with Gasteiger partial charge in [-0.05, 0) is 48.6 Å². The zero-order chi connectivity index (χ0) is 18.2. The summed E-state index contributed by atoms with van der Waals surface area (Å²) in [6.07, 6.45) is 1.33. The lowest BCUT2D eigenvalue weighted by molar-refractivity contribution is -0.116. The van der Waals surface area contributed by atoms with Gasteiger partial charge in [-0.2, -0.15) is 0 Å². The molecular weight excluding hydrogens is 364 g/mol. The molecule has 0 atom stereocenters. The Balaban J connectivity index is 1.45. The van der Waals surface area contributed by atoms with Crippen LogP contribution in [0.4, 0.5) is 5.13 Å². The number of anilines is 1. The molecule has 0 fully saturated rings. The molecule has 0 bridgehead atoms. The number of aromatic nitrogens is 1. The van der Waals surface area contributed by atoms with E-state index in [4.69, 9.17) is 4.74 Å². The van der Waals surface area contributed by atoms with E-state index in [0.29, 0.717) is 11.6 Å². The van der Waals surface area contributed by atoms with Crippen molar-refractivity contribution in [3.8, 4) is 17.0 Å². The number of rotatable bonds is 8. The lowest BCUT2D eigenvalue weighted by atomic mass is 10.2. The Hall–Kier alpha value is -2.31. The molecule has 0 saturated carbocycles. The van der Waals surface area contributed by atoms with Gasteiger partial charge in [-0.3, -0.25) is 4.79 Å². The molecule has 3 rings (SSSR count). The minimum absolute atomic E-state index is 0.00860. The van der Waals surface area contributed by atoms with E-state index in [0.717, 1.165) is 29.2 Å². The number of thioether (sulfide) groups is 1. The monoisotopic (exact) mass is 384 g/mol. The molecule has 0 aliphatic heterocycles. The van der Waals surface area contributed by atoms with Crippen molar-refractivity contribution < 1.29 is 9.53 Å². The van der Waals surface area contributed by atoms with Gasteiger partial charge in [0.25, 0.3) is 0 Å². The molecule has 0 spiro atoms. The molecule has 1 heterocycles. The number of nitrogens with zero attached hydrogens (tertiary/aromatic N) is 1. The van der Waals surface area contributed by atoms with Crippen molar-refractivity contribution in [3.05, 3.63) is 60.0 Å². The summed E-state index contributed by atoms with van der Waals surface area (Å²) in [5.74, 6) is 1.74. The Morgan fingerprint density at radius 2 is 1.92 bits per heavy atom. The zero-order valence-electron chi connectivity index (χ0n) is 14.5. The van der Waals surface area contributed by atoms with Gasteiger partial charge in [-0.15, -0.1) is 23.1 Å². The van der Waals surface area contributed by atoms with Gasteiger partial charge >= 0.3 is 0 Å². The first-order valence-electron chi connectivity index (χ1n) is 8.32. The van der Waals surface area contributed by atoms with Gasteiger partial charge in [-0.25, -0.2) is 4.98 Å². The number of nitrogens with one attached hydrogen (secondary N) is 1. The van der Waals surface area contributed by atoms with E-state index in [1.54, 1.807) is 18.9 Å². The van der Waals surface area contributed by atoms with E-state index in [1.165, 1.54) is 16.2 Å². The highest BCUT2D eigenvalue weighted by Gasteiger charge is 2.08. The third-order valence-corrected chi connectivity index (χ3v) is 5.55. The van der Waals surface area contributed by atoms with E-state index in [1.807, 2.05) is 47.8 Å². The third kappa shape index (κ3) is 5.34. The molecule has 6 heteroatoms. The largest absolute Gasteiger partial charge is 0.497 e. The highest BCUT2D eigenvalue weighted by Crippen LogP contribution is 2.26. The molecule has 0 unspecified atom stereocenters. The van der Waals surface area contributed by atoms with Crippen molar-refractivity contribution in [2.24, 2.45) is 0 Å². The van der Waals surface area contributed by atoms with Crippen molar-refractivity contribution in [2.75, 3.05) is 18.2 Å². The Morgan fingerprint density at radius 1 is 1.15 bits per heavy atom. The molecule has 1 aromatic heterocycles. The average Bonchev–Trinajstić information content (AvgIpc) is 3.14. The first kappa shape index (κ1) is 18.5. The number of hydrogen-bond donors (Lipinski definition) is 1. The lowest BCUT2D eigenvalue weighted by Crippen LogP contribution is -2.11. The molecule has 26 heavy (non-hydrogen) atoms. The minimum Gasteiger partial charge on any atom is -0.497 e. The number of benzene rings is 2. The van der Waals surface area contributed by atoms with Crippen LogP contribution in [0.2, 0.25) is 0 Å². The summed E-state index contributed by atoms with van der Waals surface area (Å²) in [5, 5.41) is 5.47. The van der Waals surface area contributed by atoms with Gasteiger partial charge in [0.05, 0.1) is 12.8 Å². The van der Waals surface area contributed by atoms with Crippen LogP contribution in [0.3, 0.4) is 0 Å². The van der Waals surface area contributed by atoms with Gasteiger partial charge in [0, 0.05) is 22.3 Å². The number of carbonyl (C=O) groups excluding carboxylic acids is 1. The fourth-order valence-corrected chi connectivity index (χ4v) is 3.96. The number of ether oxygens (including phenoxy) is 1. The molecule has 134 valence electrons. The minimum atomic E-state index is 0.00860. The van der Waals surface area contributed by atoms with E-state index < -0.39 is 0 Å². The Bertz CT molecular complexity index is 833. The van der Waals surface area contributed by atoms with Gasteiger partial charge in [0.15, 0.2) is 5.13 Å². The third-order valence-electron chi connectivity index (χ3n) is 3.70. The number of methoxy groups -OCH3 is 1. The number of hydrogen-bond acceptors (Lipinski definition) is 5. The van der Waals surface area contributed by atoms with Gasteiger partial charge in [0.2, 0.25) is 5.91 Å². The van der Waals surface area contributed by atoms with Crippen LogP contribution in [0.25, 0.3) is 11.3 Å². The van der Waals surface area contributed by atoms with E-state index in [2.05, 4.69) is 22.4 Å². The Kier molecular flexibility index (Phi) is 6.68.